The van der Waals surface area contributed by atoms with Crippen LogP contribution in [0.1, 0.15) is 102 Å². The molecule has 0 unspecified atom stereocenters. The Morgan fingerprint density at radius 2 is 1.19 bits per heavy atom. The van der Waals surface area contributed by atoms with Crippen molar-refractivity contribution in [3.8, 4) is 0 Å². The molecule has 1 nitrogen and oxygen atoms in total. The first-order valence-electron chi connectivity index (χ1n) is 11.0. The summed E-state index contributed by atoms with van der Waals surface area (Å²) in [5, 5.41) is 2.20. The Morgan fingerprint density at radius 1 is 0.731 bits per heavy atom. The highest BCUT2D eigenvalue weighted by Gasteiger charge is 2.15. The minimum absolute atomic E-state index is 0. The SMILES string of the molecule is CCCCCCCCCCCCCCCC[N+](C)(C)Cc1cccs1.[Br-]. The predicted octanol–water partition coefficient (Wildman–Crippen LogP) is 4.81. The van der Waals surface area contributed by atoms with Gasteiger partial charge in [-0.2, -0.15) is 0 Å². The summed E-state index contributed by atoms with van der Waals surface area (Å²) in [6.07, 6.45) is 20.2. The minimum atomic E-state index is 0. The van der Waals surface area contributed by atoms with Crippen molar-refractivity contribution in [1.29, 1.82) is 0 Å². The lowest BCUT2D eigenvalue weighted by Gasteiger charge is -2.29. The van der Waals surface area contributed by atoms with E-state index in [1.54, 1.807) is 0 Å². The summed E-state index contributed by atoms with van der Waals surface area (Å²) in [6.45, 7) is 4.80. The molecule has 0 aliphatic rings. The highest BCUT2D eigenvalue weighted by molar-refractivity contribution is 7.09. The van der Waals surface area contributed by atoms with Crippen LogP contribution in [0.5, 0.6) is 0 Å². The van der Waals surface area contributed by atoms with Gasteiger partial charge in [0.15, 0.2) is 0 Å². The molecule has 1 aromatic rings. The Bertz CT molecular complexity index is 389. The lowest BCUT2D eigenvalue weighted by molar-refractivity contribution is -0.903. The van der Waals surface area contributed by atoms with Crippen molar-refractivity contribution in [2.45, 2.75) is 103 Å². The molecular formula is C23H44BrNS. The van der Waals surface area contributed by atoms with Gasteiger partial charge in [-0.05, 0) is 24.3 Å². The van der Waals surface area contributed by atoms with Gasteiger partial charge in [0, 0.05) is 0 Å². The summed E-state index contributed by atoms with van der Waals surface area (Å²) < 4.78 is 1.14. The molecule has 0 saturated heterocycles. The smallest absolute Gasteiger partial charge is 0.113 e. The molecule has 26 heavy (non-hydrogen) atoms. The monoisotopic (exact) mass is 445 g/mol. The van der Waals surface area contributed by atoms with Crippen molar-refractivity contribution in [3.63, 3.8) is 0 Å². The molecule has 1 aromatic heterocycles. The van der Waals surface area contributed by atoms with Gasteiger partial charge in [-0.25, -0.2) is 0 Å². The molecule has 0 bridgehead atoms. The van der Waals surface area contributed by atoms with Gasteiger partial charge < -0.3 is 21.5 Å². The summed E-state index contributed by atoms with van der Waals surface area (Å²) in [7, 11) is 4.75. The van der Waals surface area contributed by atoms with Crippen molar-refractivity contribution >= 4 is 11.3 Å². The van der Waals surface area contributed by atoms with E-state index < -0.39 is 0 Å². The van der Waals surface area contributed by atoms with E-state index in [9.17, 15) is 0 Å². The maximum absolute atomic E-state index is 2.38. The fourth-order valence-corrected chi connectivity index (χ4v) is 4.55. The van der Waals surface area contributed by atoms with E-state index in [1.165, 1.54) is 108 Å². The van der Waals surface area contributed by atoms with Crippen LogP contribution in [0.4, 0.5) is 0 Å². The molecule has 0 aliphatic heterocycles. The molecule has 3 heteroatoms. The topological polar surface area (TPSA) is 0 Å². The van der Waals surface area contributed by atoms with Crippen LogP contribution < -0.4 is 17.0 Å². The molecule has 0 saturated carbocycles. The van der Waals surface area contributed by atoms with Crippen molar-refractivity contribution in [3.05, 3.63) is 22.4 Å². The van der Waals surface area contributed by atoms with E-state index in [0.717, 1.165) is 4.48 Å². The van der Waals surface area contributed by atoms with Gasteiger partial charge in [0.25, 0.3) is 0 Å². The normalized spacial score (nSPS) is 11.5. The highest BCUT2D eigenvalue weighted by Crippen LogP contribution is 2.17. The summed E-state index contributed by atoms with van der Waals surface area (Å²) in [4.78, 5) is 1.52. The number of quaternary nitrogens is 1. The summed E-state index contributed by atoms with van der Waals surface area (Å²) >= 11 is 1.90. The van der Waals surface area contributed by atoms with Crippen LogP contribution in [-0.4, -0.2) is 25.1 Å². The standard InChI is InChI=1S/C23H44NS.BrH/c1-4-5-6-7-8-9-10-11-12-13-14-15-16-17-20-24(2,3)22-23-19-18-21-25-23;/h18-19,21H,4-17,20,22H2,1-3H3;1H/q+1;/p-1. The van der Waals surface area contributed by atoms with Crippen molar-refractivity contribution in [2.75, 3.05) is 20.6 Å². The molecule has 0 radical (unpaired) electrons. The number of hydrogen-bond acceptors (Lipinski definition) is 1. The van der Waals surface area contributed by atoms with Gasteiger partial charge in [0.2, 0.25) is 0 Å². The van der Waals surface area contributed by atoms with Crippen molar-refractivity contribution < 1.29 is 21.5 Å². The van der Waals surface area contributed by atoms with Crippen LogP contribution in [0.3, 0.4) is 0 Å². The molecule has 0 amide bonds. The van der Waals surface area contributed by atoms with E-state index >= 15 is 0 Å². The first-order valence-corrected chi connectivity index (χ1v) is 11.9. The first-order chi connectivity index (χ1) is 12.1. The molecule has 1 heterocycles. The number of thiophene rings is 1. The Morgan fingerprint density at radius 3 is 1.62 bits per heavy atom. The molecule has 0 aromatic carbocycles. The molecule has 0 N–H and O–H groups in total. The number of rotatable bonds is 17. The second-order valence-electron chi connectivity index (χ2n) is 8.49. The largest absolute Gasteiger partial charge is 1.00 e. The van der Waals surface area contributed by atoms with Gasteiger partial charge in [-0.1, -0.05) is 90.0 Å². The van der Waals surface area contributed by atoms with Gasteiger partial charge in [-0.15, -0.1) is 11.3 Å². The van der Waals surface area contributed by atoms with Crippen LogP contribution in [0.15, 0.2) is 17.5 Å². The Kier molecular flexibility index (Phi) is 17.3. The zero-order chi connectivity index (χ0) is 18.2. The Hall–Kier alpha value is 0.140. The predicted molar refractivity (Wildman–Crippen MR) is 115 cm³/mol. The second kappa shape index (κ2) is 17.3. The van der Waals surface area contributed by atoms with Crippen LogP contribution in [0, 0.1) is 0 Å². The maximum Gasteiger partial charge on any atom is 0.113 e. The highest BCUT2D eigenvalue weighted by atomic mass is 79.9. The number of halogens is 1. The lowest BCUT2D eigenvalue weighted by Crippen LogP contribution is -3.00. The Labute approximate surface area is 178 Å². The summed E-state index contributed by atoms with van der Waals surface area (Å²) in [5.74, 6) is 0. The van der Waals surface area contributed by atoms with E-state index in [0.29, 0.717) is 0 Å². The number of unbranched alkanes of at least 4 members (excludes halogenated alkanes) is 13. The zero-order valence-electron chi connectivity index (χ0n) is 17.8. The number of nitrogens with zero attached hydrogens (tertiary/aromatic N) is 1. The van der Waals surface area contributed by atoms with Crippen LogP contribution >= 0.6 is 11.3 Å². The maximum atomic E-state index is 2.38. The van der Waals surface area contributed by atoms with Gasteiger partial charge in [-0.3, -0.25) is 0 Å². The number of hydrogen-bond donors (Lipinski definition) is 0. The quantitative estimate of drug-likeness (QED) is 0.238. The third kappa shape index (κ3) is 15.2. The van der Waals surface area contributed by atoms with E-state index in [-0.39, 0.29) is 17.0 Å². The van der Waals surface area contributed by atoms with E-state index in [2.05, 4.69) is 38.5 Å². The minimum Gasteiger partial charge on any atom is -1.00 e. The van der Waals surface area contributed by atoms with Crippen molar-refractivity contribution in [1.82, 2.24) is 0 Å². The fourth-order valence-electron chi connectivity index (χ4n) is 3.64. The van der Waals surface area contributed by atoms with Gasteiger partial charge in [0.05, 0.1) is 25.5 Å². The Balaban J connectivity index is 0.00000625. The summed E-state index contributed by atoms with van der Waals surface area (Å²) in [5.41, 5.74) is 0. The van der Waals surface area contributed by atoms with E-state index in [1.807, 2.05) is 11.3 Å². The van der Waals surface area contributed by atoms with Crippen LogP contribution in [0.2, 0.25) is 0 Å². The molecule has 1 rings (SSSR count). The van der Waals surface area contributed by atoms with Crippen LogP contribution in [0.25, 0.3) is 0 Å². The molecule has 0 aliphatic carbocycles. The average molecular weight is 447 g/mol. The van der Waals surface area contributed by atoms with Crippen LogP contribution in [-0.2, 0) is 6.54 Å². The fraction of sp³-hybridized carbons (Fsp3) is 0.826. The third-order valence-corrected chi connectivity index (χ3v) is 6.14. The lowest BCUT2D eigenvalue weighted by atomic mass is 10.0. The molecule has 154 valence electrons. The average Bonchev–Trinajstić information content (AvgIpc) is 3.07. The molecule has 0 fully saturated rings. The molecule has 0 atom stereocenters. The van der Waals surface area contributed by atoms with Gasteiger partial charge in [0.1, 0.15) is 6.54 Å². The third-order valence-electron chi connectivity index (χ3n) is 5.28. The van der Waals surface area contributed by atoms with E-state index in [4.69, 9.17) is 0 Å². The second-order valence-corrected chi connectivity index (χ2v) is 9.53. The van der Waals surface area contributed by atoms with Gasteiger partial charge >= 0.3 is 0 Å². The zero-order valence-corrected chi connectivity index (χ0v) is 20.2. The molecular weight excluding hydrogens is 402 g/mol. The first kappa shape index (κ1) is 26.1. The summed E-state index contributed by atoms with van der Waals surface area (Å²) in [6, 6.07) is 4.45. The molecule has 0 spiro atoms. The van der Waals surface area contributed by atoms with Crippen molar-refractivity contribution in [2.24, 2.45) is 0 Å².